The van der Waals surface area contributed by atoms with Gasteiger partial charge in [0.05, 0.1) is 19.3 Å². The van der Waals surface area contributed by atoms with Gasteiger partial charge in [0.25, 0.3) is 5.91 Å². The summed E-state index contributed by atoms with van der Waals surface area (Å²) in [6, 6.07) is 9.90. The molecule has 188 valence electrons. The smallest absolute Gasteiger partial charge is 0.495 e. The van der Waals surface area contributed by atoms with Crippen LogP contribution in [0.25, 0.3) is 0 Å². The van der Waals surface area contributed by atoms with Crippen molar-refractivity contribution in [2.45, 2.75) is 18.3 Å². The number of halogens is 4. The SMILES string of the molecule is COc1c(C(=O)O)cccc1C(=O)N[C@]1(c2ccc(OC(F)(F)F)c(F)c2)CCOc2cccnc21. The Balaban J connectivity index is 1.84. The third-order valence-electron chi connectivity index (χ3n) is 5.58. The first-order valence-electron chi connectivity index (χ1n) is 10.4. The molecule has 3 aromatic rings. The third-order valence-corrected chi connectivity index (χ3v) is 5.58. The van der Waals surface area contributed by atoms with Crippen molar-refractivity contribution >= 4 is 11.9 Å². The van der Waals surface area contributed by atoms with E-state index in [1.165, 1.54) is 37.6 Å². The van der Waals surface area contributed by atoms with E-state index < -0.39 is 35.3 Å². The number of fused-ring (bicyclic) bond motifs is 1. The van der Waals surface area contributed by atoms with Gasteiger partial charge >= 0.3 is 12.3 Å². The number of pyridine rings is 1. The van der Waals surface area contributed by atoms with Crippen molar-refractivity contribution in [3.8, 4) is 17.2 Å². The van der Waals surface area contributed by atoms with Crippen molar-refractivity contribution in [2.75, 3.05) is 13.7 Å². The molecule has 0 saturated carbocycles. The molecule has 0 fully saturated rings. The number of benzene rings is 2. The molecule has 1 aliphatic heterocycles. The quantitative estimate of drug-likeness (QED) is 0.481. The molecule has 0 saturated heterocycles. The summed E-state index contributed by atoms with van der Waals surface area (Å²) in [5.74, 6) is -4.40. The molecule has 4 rings (SSSR count). The minimum absolute atomic E-state index is 0.0304. The predicted molar refractivity (Wildman–Crippen MR) is 116 cm³/mol. The first-order valence-corrected chi connectivity index (χ1v) is 10.4. The number of aromatic nitrogens is 1. The van der Waals surface area contributed by atoms with Gasteiger partial charge in [0.15, 0.2) is 11.6 Å². The monoisotopic (exact) mass is 506 g/mol. The second kappa shape index (κ2) is 9.36. The van der Waals surface area contributed by atoms with Gasteiger partial charge in [-0.3, -0.25) is 9.78 Å². The average molecular weight is 506 g/mol. The number of nitrogens with zero attached hydrogens (tertiary/aromatic N) is 1. The van der Waals surface area contributed by atoms with E-state index in [-0.39, 0.29) is 46.9 Å². The van der Waals surface area contributed by atoms with Crippen LogP contribution in [-0.2, 0) is 5.54 Å². The Bertz CT molecular complexity index is 1330. The average Bonchev–Trinajstić information content (AvgIpc) is 2.84. The third kappa shape index (κ3) is 4.61. The maximum absolute atomic E-state index is 14.7. The van der Waals surface area contributed by atoms with E-state index in [1.807, 2.05) is 0 Å². The van der Waals surface area contributed by atoms with E-state index in [0.717, 1.165) is 12.1 Å². The number of aromatic carboxylic acids is 1. The van der Waals surface area contributed by atoms with Crippen LogP contribution in [0, 0.1) is 5.82 Å². The Morgan fingerprint density at radius 1 is 1.14 bits per heavy atom. The molecule has 0 spiro atoms. The van der Waals surface area contributed by atoms with Crippen molar-refractivity contribution in [1.82, 2.24) is 10.3 Å². The molecule has 1 atom stereocenters. The van der Waals surface area contributed by atoms with Crippen LogP contribution >= 0.6 is 0 Å². The van der Waals surface area contributed by atoms with E-state index in [0.29, 0.717) is 0 Å². The number of methoxy groups -OCH3 is 1. The normalized spacial score (nSPS) is 16.9. The number of rotatable bonds is 6. The molecule has 0 bridgehead atoms. The molecular weight excluding hydrogens is 488 g/mol. The number of hydrogen-bond acceptors (Lipinski definition) is 6. The molecule has 8 nitrogen and oxygen atoms in total. The van der Waals surface area contributed by atoms with Crippen LogP contribution in [0.5, 0.6) is 17.2 Å². The van der Waals surface area contributed by atoms with Crippen LogP contribution < -0.4 is 19.5 Å². The van der Waals surface area contributed by atoms with Crippen LogP contribution in [0.1, 0.15) is 38.4 Å². The van der Waals surface area contributed by atoms with Crippen LogP contribution in [0.2, 0.25) is 0 Å². The summed E-state index contributed by atoms with van der Waals surface area (Å²) in [6.07, 6.45) is -3.66. The van der Waals surface area contributed by atoms with Crippen molar-refractivity contribution in [2.24, 2.45) is 0 Å². The maximum atomic E-state index is 14.7. The standard InChI is InChI=1S/C24H18F4N2O6/c1-34-19-14(4-2-5-15(19)22(32)33)21(31)30-23(9-11-35-18-6-3-10-29-20(18)23)13-7-8-17(16(25)12-13)36-24(26,27)28/h2-8,10,12H,9,11H2,1H3,(H,30,31)(H,32,33)/t23-/m0/s1. The minimum atomic E-state index is -5.10. The summed E-state index contributed by atoms with van der Waals surface area (Å²) in [5.41, 5.74) is -1.68. The van der Waals surface area contributed by atoms with Gasteiger partial charge in [-0.15, -0.1) is 13.2 Å². The zero-order valence-electron chi connectivity index (χ0n) is 18.6. The summed E-state index contributed by atoms with van der Waals surface area (Å²) >= 11 is 0. The summed E-state index contributed by atoms with van der Waals surface area (Å²) in [4.78, 5) is 29.4. The van der Waals surface area contributed by atoms with Gasteiger partial charge in [0.1, 0.15) is 28.3 Å². The van der Waals surface area contributed by atoms with Gasteiger partial charge in [-0.25, -0.2) is 9.18 Å². The zero-order valence-corrected chi connectivity index (χ0v) is 18.6. The van der Waals surface area contributed by atoms with Crippen LogP contribution in [0.3, 0.4) is 0 Å². The molecule has 12 heteroatoms. The second-order valence-electron chi connectivity index (χ2n) is 7.69. The molecule has 2 heterocycles. The number of nitrogens with one attached hydrogen (secondary N) is 1. The van der Waals surface area contributed by atoms with Crippen molar-refractivity contribution in [3.63, 3.8) is 0 Å². The lowest BCUT2D eigenvalue weighted by atomic mass is 9.81. The first-order chi connectivity index (χ1) is 17.1. The van der Waals surface area contributed by atoms with E-state index in [1.54, 1.807) is 12.1 Å². The van der Waals surface area contributed by atoms with Crippen molar-refractivity contribution in [3.05, 3.63) is 82.9 Å². The lowest BCUT2D eigenvalue weighted by Crippen LogP contribution is -2.50. The number of carbonyl (C=O) groups is 2. The fourth-order valence-electron chi connectivity index (χ4n) is 4.07. The fourth-order valence-corrected chi connectivity index (χ4v) is 4.07. The Labute approximate surface area is 201 Å². The number of carboxylic acids is 1. The van der Waals surface area contributed by atoms with Gasteiger partial charge in [-0.05, 0) is 42.0 Å². The highest BCUT2D eigenvalue weighted by Crippen LogP contribution is 2.42. The maximum Gasteiger partial charge on any atom is 0.573 e. The lowest BCUT2D eigenvalue weighted by Gasteiger charge is -2.39. The van der Waals surface area contributed by atoms with Crippen LogP contribution in [0.4, 0.5) is 17.6 Å². The second-order valence-corrected chi connectivity index (χ2v) is 7.69. The van der Waals surface area contributed by atoms with Crippen LogP contribution in [-0.4, -0.2) is 42.0 Å². The number of amides is 1. The zero-order chi connectivity index (χ0) is 26.1. The highest BCUT2D eigenvalue weighted by Gasteiger charge is 2.44. The van der Waals surface area contributed by atoms with Gasteiger partial charge in [0.2, 0.25) is 0 Å². The molecule has 1 aromatic heterocycles. The van der Waals surface area contributed by atoms with E-state index in [4.69, 9.17) is 9.47 Å². The Hall–Kier alpha value is -4.35. The number of carbonyl (C=O) groups excluding carboxylic acids is 1. The number of hydrogen-bond donors (Lipinski definition) is 2. The highest BCUT2D eigenvalue weighted by atomic mass is 19.4. The predicted octanol–water partition coefficient (Wildman–Crippen LogP) is 4.28. The molecular formula is C24H18F4N2O6. The lowest BCUT2D eigenvalue weighted by molar-refractivity contribution is -0.275. The number of carboxylic acid groups (broad SMARTS) is 1. The molecule has 36 heavy (non-hydrogen) atoms. The van der Waals surface area contributed by atoms with Crippen molar-refractivity contribution < 1.29 is 46.5 Å². The Morgan fingerprint density at radius 2 is 1.89 bits per heavy atom. The van der Waals surface area contributed by atoms with Crippen molar-refractivity contribution in [1.29, 1.82) is 0 Å². The molecule has 2 N–H and O–H groups in total. The van der Waals surface area contributed by atoms with Gasteiger partial charge in [-0.2, -0.15) is 0 Å². The van der Waals surface area contributed by atoms with E-state index in [2.05, 4.69) is 15.0 Å². The van der Waals surface area contributed by atoms with Gasteiger partial charge < -0.3 is 24.6 Å². The summed E-state index contributed by atoms with van der Waals surface area (Å²) in [6.45, 7) is 0.0493. The van der Waals surface area contributed by atoms with Gasteiger partial charge in [-0.1, -0.05) is 12.1 Å². The molecule has 0 radical (unpaired) electrons. The minimum Gasteiger partial charge on any atom is -0.495 e. The molecule has 0 unspecified atom stereocenters. The van der Waals surface area contributed by atoms with Crippen LogP contribution in [0.15, 0.2) is 54.7 Å². The molecule has 1 aliphatic rings. The largest absolute Gasteiger partial charge is 0.573 e. The summed E-state index contributed by atoms with van der Waals surface area (Å²) < 4.78 is 67.2. The summed E-state index contributed by atoms with van der Waals surface area (Å²) in [5, 5.41) is 12.2. The van der Waals surface area contributed by atoms with E-state index >= 15 is 0 Å². The molecule has 1 amide bonds. The number of para-hydroxylation sites is 1. The summed E-state index contributed by atoms with van der Waals surface area (Å²) in [7, 11) is 1.20. The molecule has 2 aromatic carbocycles. The molecule has 0 aliphatic carbocycles. The number of ether oxygens (including phenoxy) is 3. The number of alkyl halides is 3. The first kappa shape index (κ1) is 24.8. The topological polar surface area (TPSA) is 107 Å². The Morgan fingerprint density at radius 3 is 2.56 bits per heavy atom. The van der Waals surface area contributed by atoms with E-state index in [9.17, 15) is 32.3 Å². The highest BCUT2D eigenvalue weighted by molar-refractivity contribution is 6.02. The Kier molecular flexibility index (Phi) is 6.44. The van der Waals surface area contributed by atoms with Gasteiger partial charge in [0, 0.05) is 12.6 Å². The fraction of sp³-hybridized carbons (Fsp3) is 0.208.